The molecule has 0 saturated heterocycles. The van der Waals surface area contributed by atoms with E-state index in [1.165, 1.54) is 4.57 Å². The maximum Gasteiger partial charge on any atom is 0.329 e. The first kappa shape index (κ1) is 10.5. The zero-order valence-corrected chi connectivity index (χ0v) is 9.52. The second kappa shape index (κ2) is 3.23. The summed E-state index contributed by atoms with van der Waals surface area (Å²) in [4.78, 5) is 25.8. The summed E-state index contributed by atoms with van der Waals surface area (Å²) < 4.78 is 1.24. The van der Waals surface area contributed by atoms with Gasteiger partial charge < -0.3 is 0 Å². The van der Waals surface area contributed by atoms with Gasteiger partial charge in [-0.3, -0.25) is 14.3 Å². The van der Waals surface area contributed by atoms with Crippen LogP contribution in [0.3, 0.4) is 0 Å². The second-order valence-corrected chi connectivity index (χ2v) is 4.95. The van der Waals surface area contributed by atoms with Crippen LogP contribution in [-0.4, -0.2) is 9.55 Å². The van der Waals surface area contributed by atoms with Crippen LogP contribution in [0.1, 0.15) is 25.3 Å². The summed E-state index contributed by atoms with van der Waals surface area (Å²) in [6.45, 7) is 4.17. The van der Waals surface area contributed by atoms with E-state index in [0.29, 0.717) is 12.1 Å². The third kappa shape index (κ3) is 1.86. The number of aromatic nitrogens is 2. The molecule has 1 aliphatic carbocycles. The number of aromatic amines is 1. The smallest absolute Gasteiger partial charge is 0.297 e. The Morgan fingerprint density at radius 3 is 2.60 bits per heavy atom. The van der Waals surface area contributed by atoms with Crippen LogP contribution in [0.15, 0.2) is 9.59 Å². The monoisotopic (exact) mass is 228 g/mol. The van der Waals surface area contributed by atoms with Crippen LogP contribution in [0.2, 0.25) is 5.15 Å². The highest BCUT2D eigenvalue weighted by Gasteiger charge is 2.38. The SMILES string of the molecule is Cc1c(Cl)[nH]c(=O)n(CC2(C)CC2)c1=O. The van der Waals surface area contributed by atoms with Crippen molar-refractivity contribution >= 4 is 11.6 Å². The van der Waals surface area contributed by atoms with Gasteiger partial charge in [0, 0.05) is 12.1 Å². The molecule has 1 fully saturated rings. The van der Waals surface area contributed by atoms with Crippen molar-refractivity contribution in [1.82, 2.24) is 9.55 Å². The zero-order chi connectivity index (χ0) is 11.2. The molecule has 5 heteroatoms. The quantitative estimate of drug-likeness (QED) is 0.776. The number of hydrogen-bond donors (Lipinski definition) is 1. The lowest BCUT2D eigenvalue weighted by Crippen LogP contribution is -2.38. The van der Waals surface area contributed by atoms with Gasteiger partial charge in [0.2, 0.25) is 0 Å². The van der Waals surface area contributed by atoms with E-state index in [2.05, 4.69) is 11.9 Å². The van der Waals surface area contributed by atoms with Gasteiger partial charge in [-0.1, -0.05) is 18.5 Å². The predicted octanol–water partition coefficient (Wildman–Crippen LogP) is 1.30. The Kier molecular flexibility index (Phi) is 2.26. The summed E-state index contributed by atoms with van der Waals surface area (Å²) >= 11 is 5.71. The van der Waals surface area contributed by atoms with Crippen LogP contribution >= 0.6 is 11.6 Å². The zero-order valence-electron chi connectivity index (χ0n) is 8.76. The van der Waals surface area contributed by atoms with E-state index in [-0.39, 0.29) is 16.1 Å². The molecule has 0 radical (unpaired) electrons. The van der Waals surface area contributed by atoms with Gasteiger partial charge in [0.1, 0.15) is 5.15 Å². The average molecular weight is 229 g/mol. The van der Waals surface area contributed by atoms with Gasteiger partial charge in [0.25, 0.3) is 5.56 Å². The minimum Gasteiger partial charge on any atom is -0.297 e. The molecule has 1 aromatic heterocycles. The van der Waals surface area contributed by atoms with Crippen LogP contribution in [0.4, 0.5) is 0 Å². The second-order valence-electron chi connectivity index (χ2n) is 4.57. The Balaban J connectivity index is 2.51. The van der Waals surface area contributed by atoms with Crippen molar-refractivity contribution in [1.29, 1.82) is 0 Å². The number of rotatable bonds is 2. The Labute approximate surface area is 91.9 Å². The molecule has 1 aromatic rings. The van der Waals surface area contributed by atoms with Crippen molar-refractivity contribution in [3.8, 4) is 0 Å². The first-order valence-electron chi connectivity index (χ1n) is 4.92. The average Bonchev–Trinajstić information content (AvgIpc) is 2.89. The molecule has 0 atom stereocenters. The first-order chi connectivity index (χ1) is 6.93. The van der Waals surface area contributed by atoms with Gasteiger partial charge in [0.15, 0.2) is 0 Å². The Bertz CT molecular complexity index is 511. The molecule has 82 valence electrons. The van der Waals surface area contributed by atoms with Gasteiger partial charge in [-0.2, -0.15) is 0 Å². The lowest BCUT2D eigenvalue weighted by Gasteiger charge is -2.10. The van der Waals surface area contributed by atoms with E-state index in [9.17, 15) is 9.59 Å². The van der Waals surface area contributed by atoms with Crippen LogP contribution in [0, 0.1) is 12.3 Å². The van der Waals surface area contributed by atoms with E-state index in [4.69, 9.17) is 11.6 Å². The van der Waals surface area contributed by atoms with Crippen LogP contribution < -0.4 is 11.2 Å². The Hall–Kier alpha value is -1.03. The van der Waals surface area contributed by atoms with E-state index in [1.54, 1.807) is 6.92 Å². The molecule has 1 N–H and O–H groups in total. The normalized spacial score (nSPS) is 17.8. The largest absolute Gasteiger partial charge is 0.329 e. The van der Waals surface area contributed by atoms with E-state index in [0.717, 1.165) is 12.8 Å². The highest BCUT2D eigenvalue weighted by molar-refractivity contribution is 6.30. The predicted molar refractivity (Wildman–Crippen MR) is 58.4 cm³/mol. The maximum absolute atomic E-state index is 11.8. The van der Waals surface area contributed by atoms with E-state index in [1.807, 2.05) is 0 Å². The minimum absolute atomic E-state index is 0.122. The molecule has 0 unspecified atom stereocenters. The highest BCUT2D eigenvalue weighted by Crippen LogP contribution is 2.45. The molecule has 4 nitrogen and oxygen atoms in total. The topological polar surface area (TPSA) is 54.9 Å². The molecule has 0 amide bonds. The number of H-pyrrole nitrogens is 1. The molecule has 0 bridgehead atoms. The molecule has 1 saturated carbocycles. The summed E-state index contributed by atoms with van der Waals surface area (Å²) in [7, 11) is 0. The Morgan fingerprint density at radius 1 is 1.47 bits per heavy atom. The Morgan fingerprint density at radius 2 is 2.07 bits per heavy atom. The molecule has 0 aliphatic heterocycles. The van der Waals surface area contributed by atoms with Gasteiger partial charge in [-0.25, -0.2) is 4.79 Å². The molecular formula is C10H13ClN2O2. The molecule has 15 heavy (non-hydrogen) atoms. The summed E-state index contributed by atoms with van der Waals surface area (Å²) in [6.07, 6.45) is 2.14. The number of halogens is 1. The molecule has 1 heterocycles. The lowest BCUT2D eigenvalue weighted by molar-refractivity contribution is 0.439. The fourth-order valence-corrected chi connectivity index (χ4v) is 1.70. The number of nitrogens with one attached hydrogen (secondary N) is 1. The van der Waals surface area contributed by atoms with Crippen molar-refractivity contribution in [2.45, 2.75) is 33.2 Å². The van der Waals surface area contributed by atoms with Crippen molar-refractivity contribution in [2.24, 2.45) is 5.41 Å². The van der Waals surface area contributed by atoms with Gasteiger partial charge in [0.05, 0.1) is 0 Å². The molecule has 0 spiro atoms. The summed E-state index contributed by atoms with van der Waals surface area (Å²) in [5, 5.41) is 0.141. The molecule has 0 aromatic carbocycles. The summed E-state index contributed by atoms with van der Waals surface area (Å²) in [6, 6.07) is 0. The van der Waals surface area contributed by atoms with Crippen molar-refractivity contribution < 1.29 is 0 Å². The van der Waals surface area contributed by atoms with Gasteiger partial charge >= 0.3 is 5.69 Å². The number of nitrogens with zero attached hydrogens (tertiary/aromatic N) is 1. The van der Waals surface area contributed by atoms with E-state index < -0.39 is 5.69 Å². The lowest BCUT2D eigenvalue weighted by atomic mass is 10.1. The van der Waals surface area contributed by atoms with Gasteiger partial charge in [-0.05, 0) is 25.2 Å². The highest BCUT2D eigenvalue weighted by atomic mass is 35.5. The van der Waals surface area contributed by atoms with Crippen LogP contribution in [0.5, 0.6) is 0 Å². The van der Waals surface area contributed by atoms with E-state index >= 15 is 0 Å². The molecular weight excluding hydrogens is 216 g/mol. The van der Waals surface area contributed by atoms with Gasteiger partial charge in [-0.15, -0.1) is 0 Å². The maximum atomic E-state index is 11.8. The fraction of sp³-hybridized carbons (Fsp3) is 0.600. The molecule has 1 aliphatic rings. The third-order valence-corrected chi connectivity index (χ3v) is 3.38. The summed E-state index contributed by atoms with van der Waals surface area (Å²) in [5.41, 5.74) is -0.169. The standard InChI is InChI=1S/C10H13ClN2O2/c1-6-7(11)12-9(15)13(8(6)14)5-10(2)3-4-10/h3-5H2,1-2H3,(H,12,15). The third-order valence-electron chi connectivity index (χ3n) is 3.00. The molecule has 2 rings (SSSR count). The van der Waals surface area contributed by atoms with Crippen molar-refractivity contribution in [2.75, 3.05) is 0 Å². The first-order valence-corrected chi connectivity index (χ1v) is 5.30. The fourth-order valence-electron chi connectivity index (χ4n) is 1.54. The van der Waals surface area contributed by atoms with Crippen molar-refractivity contribution in [3.05, 3.63) is 31.6 Å². The van der Waals surface area contributed by atoms with Crippen LogP contribution in [-0.2, 0) is 6.54 Å². The minimum atomic E-state index is -0.413. The number of hydrogen-bond acceptors (Lipinski definition) is 2. The van der Waals surface area contributed by atoms with Crippen LogP contribution in [0.25, 0.3) is 0 Å². The van der Waals surface area contributed by atoms with Crippen molar-refractivity contribution in [3.63, 3.8) is 0 Å². The summed E-state index contributed by atoms with van der Waals surface area (Å²) in [5.74, 6) is 0.